The first-order valence-electron chi connectivity index (χ1n) is 42.5. The molecule has 6 amide bonds. The number of likely N-dealkylation sites (N-methyl/N-ethyl adjacent to an activating group) is 2. The van der Waals surface area contributed by atoms with Gasteiger partial charge in [0.2, 0.25) is 17.8 Å². The molecule has 0 unspecified atom stereocenters. The third-order valence-corrected chi connectivity index (χ3v) is 23.4. The zero-order valence-corrected chi connectivity index (χ0v) is 75.0. The number of anilines is 16. The van der Waals surface area contributed by atoms with Crippen LogP contribution in [-0.4, -0.2) is 193 Å². The number of nitrogens with one attached hydrogen (secondary N) is 3. The van der Waals surface area contributed by atoms with Crippen molar-refractivity contribution in [1.29, 1.82) is 0 Å². The summed E-state index contributed by atoms with van der Waals surface area (Å²) in [6, 6.07) is 44.3. The summed E-state index contributed by atoms with van der Waals surface area (Å²) in [6.45, 7) is 30.9. The molecule has 0 bridgehead atoms. The van der Waals surface area contributed by atoms with Crippen molar-refractivity contribution in [2.75, 3.05) is 165 Å². The van der Waals surface area contributed by atoms with Gasteiger partial charge in [0.25, 0.3) is 0 Å². The van der Waals surface area contributed by atoms with Crippen LogP contribution in [-0.2, 0) is 37.5 Å². The quantitative estimate of drug-likeness (QED) is 0.0507. The number of fused-ring (bicyclic) bond motifs is 3. The molecule has 10 heterocycles. The van der Waals surface area contributed by atoms with Crippen LogP contribution in [0, 0.1) is 55.4 Å². The van der Waals surface area contributed by atoms with Gasteiger partial charge >= 0.3 is 18.1 Å². The highest BCUT2D eigenvalue weighted by Crippen LogP contribution is 2.47. The summed E-state index contributed by atoms with van der Waals surface area (Å²) >= 11 is 0. The highest BCUT2D eigenvalue weighted by Gasteiger charge is 2.41. The fourth-order valence-electron chi connectivity index (χ4n) is 16.6. The third kappa shape index (κ3) is 19.3. The van der Waals surface area contributed by atoms with Crippen molar-refractivity contribution in [2.24, 2.45) is 0 Å². The lowest BCUT2D eigenvalue weighted by Crippen LogP contribution is -2.46. The van der Waals surface area contributed by atoms with Gasteiger partial charge in [-0.1, -0.05) is 67.6 Å². The van der Waals surface area contributed by atoms with E-state index in [0.717, 1.165) is 168 Å². The van der Waals surface area contributed by atoms with Crippen molar-refractivity contribution in [1.82, 2.24) is 59.4 Å². The van der Waals surface area contributed by atoms with Crippen LogP contribution in [0.4, 0.5) is 107 Å². The van der Waals surface area contributed by atoms with E-state index >= 15 is 0 Å². The number of methoxy groups -OCH3 is 5. The Morgan fingerprint density at radius 2 is 0.843 bits per heavy atom. The van der Waals surface area contributed by atoms with Gasteiger partial charge in [-0.3, -0.25) is 24.3 Å². The predicted molar refractivity (Wildman–Crippen MR) is 498 cm³/mol. The lowest BCUT2D eigenvalue weighted by molar-refractivity contribution is 0.122. The number of pyridine rings is 1. The molecule has 5 aliphatic heterocycles. The Kier molecular flexibility index (Phi) is 27.0. The fraction of sp³-hybridized carbons (Fsp3) is 0.323. The molecule has 2 saturated heterocycles. The van der Waals surface area contributed by atoms with Crippen molar-refractivity contribution >= 4 is 110 Å². The summed E-state index contributed by atoms with van der Waals surface area (Å²) in [7, 11) is 12.0. The molecule has 658 valence electrons. The molecule has 31 heteroatoms. The van der Waals surface area contributed by atoms with Crippen molar-refractivity contribution < 1.29 is 42.8 Å². The average molecular weight is 1720 g/mol. The second kappa shape index (κ2) is 39.0. The second-order valence-corrected chi connectivity index (χ2v) is 32.2. The molecule has 0 aliphatic carbocycles. The molecule has 127 heavy (non-hydrogen) atoms. The number of carbonyl (C=O) groups is 3. The number of carbonyl (C=O) groups excluding carboxylic acids is 3. The molecule has 31 nitrogen and oxygen atoms in total. The van der Waals surface area contributed by atoms with Gasteiger partial charge in [0.15, 0.2) is 17.5 Å². The van der Waals surface area contributed by atoms with Gasteiger partial charge in [0.05, 0.1) is 121 Å². The van der Waals surface area contributed by atoms with Gasteiger partial charge in [-0.05, 0) is 193 Å². The summed E-state index contributed by atoms with van der Waals surface area (Å²) in [5, 5.41) is 14.4. The first-order chi connectivity index (χ1) is 61.5. The maximum atomic E-state index is 14.4. The number of piperazine rings is 1. The number of morpholine rings is 1. The number of hydrogen-bond acceptors (Lipinski definition) is 24. The van der Waals surface area contributed by atoms with E-state index in [0.29, 0.717) is 101 Å². The monoisotopic (exact) mass is 1710 g/mol. The number of urea groups is 3. The molecular formula is C96H110N22O9. The van der Waals surface area contributed by atoms with E-state index in [1.165, 1.54) is 21.7 Å². The second-order valence-electron chi connectivity index (χ2n) is 32.2. The summed E-state index contributed by atoms with van der Waals surface area (Å²) in [5.74, 6) is 5.92. The van der Waals surface area contributed by atoms with Gasteiger partial charge in [0.1, 0.15) is 34.6 Å². The van der Waals surface area contributed by atoms with E-state index < -0.39 is 0 Å². The van der Waals surface area contributed by atoms with E-state index in [-0.39, 0.29) is 18.1 Å². The van der Waals surface area contributed by atoms with Crippen LogP contribution in [0.2, 0.25) is 0 Å². The number of aryl methyl sites for hydroxylation is 8. The Morgan fingerprint density at radius 1 is 0.417 bits per heavy atom. The number of amides is 6. The number of rotatable bonds is 24. The van der Waals surface area contributed by atoms with Crippen LogP contribution < -0.4 is 73.9 Å². The Hall–Kier alpha value is -14.0. The molecular weight excluding hydrogens is 1610 g/mol. The number of para-hydroxylation sites is 3. The Bertz CT molecular complexity index is 5940. The molecule has 12 aromatic rings. The van der Waals surface area contributed by atoms with Crippen LogP contribution in [0.1, 0.15) is 73.7 Å². The van der Waals surface area contributed by atoms with E-state index in [1.54, 1.807) is 115 Å². The average Bonchev–Trinajstić information content (AvgIpc) is 0.771. The maximum absolute atomic E-state index is 14.4. The summed E-state index contributed by atoms with van der Waals surface area (Å²) in [4.78, 5) is 95.4. The van der Waals surface area contributed by atoms with E-state index in [2.05, 4.69) is 107 Å². The lowest BCUT2D eigenvalue weighted by Gasteiger charge is -2.37. The largest absolute Gasteiger partial charge is 0.497 e. The number of aromatic nitrogens is 9. The number of benzene rings is 7. The minimum absolute atomic E-state index is 0.224. The van der Waals surface area contributed by atoms with Gasteiger partial charge in [-0.2, -0.15) is 20.1 Å². The third-order valence-electron chi connectivity index (χ3n) is 23.4. The highest BCUT2D eigenvalue weighted by atomic mass is 16.5. The summed E-state index contributed by atoms with van der Waals surface area (Å²) in [6.07, 6.45) is 10.6. The van der Waals surface area contributed by atoms with Crippen LogP contribution in [0.25, 0.3) is 0 Å². The maximum Gasteiger partial charge on any atom is 0.336 e. The fourth-order valence-corrected chi connectivity index (χ4v) is 16.6. The van der Waals surface area contributed by atoms with Crippen LogP contribution in [0.15, 0.2) is 177 Å². The minimum atomic E-state index is -0.242. The van der Waals surface area contributed by atoms with Gasteiger partial charge in [-0.15, -0.1) is 0 Å². The van der Waals surface area contributed by atoms with E-state index in [4.69, 9.17) is 48.4 Å². The first-order valence-corrected chi connectivity index (χ1v) is 42.5. The molecule has 3 N–H and O–H groups in total. The molecule has 7 aromatic carbocycles. The molecule has 0 spiro atoms. The molecule has 5 aliphatic rings. The normalized spacial score (nSPS) is 14.6. The predicted octanol–water partition coefficient (Wildman–Crippen LogP) is 17.1. The van der Waals surface area contributed by atoms with Crippen molar-refractivity contribution in [2.45, 2.75) is 95.0 Å². The van der Waals surface area contributed by atoms with Crippen molar-refractivity contribution in [3.63, 3.8) is 0 Å². The van der Waals surface area contributed by atoms with Gasteiger partial charge in [0, 0.05) is 123 Å². The number of hydrogen-bond donors (Lipinski definition) is 3. The molecule has 17 rings (SSSR count). The summed E-state index contributed by atoms with van der Waals surface area (Å²) < 4.78 is 35.0. The van der Waals surface area contributed by atoms with Crippen LogP contribution in [0.3, 0.4) is 0 Å². The minimum Gasteiger partial charge on any atom is -0.497 e. The zero-order chi connectivity index (χ0) is 89.3. The molecule has 0 radical (unpaired) electrons. The first kappa shape index (κ1) is 87.9. The lowest BCUT2D eigenvalue weighted by atomic mass is 10.1. The molecule has 5 aromatic heterocycles. The topological polar surface area (TPSA) is 283 Å². The Morgan fingerprint density at radius 3 is 1.27 bits per heavy atom. The van der Waals surface area contributed by atoms with E-state index in [9.17, 15) is 14.4 Å². The SMILES string of the molecule is CCN1CCN(Cc2ccc(Nc3ncc4c(n3)N(c3ccc(OC)cc3OC)C(=O)N(c3c(C)cccc3C)C4)cc2C)CC1.COc1ccc(N2C(=O)N(c3c(C)cccc3C)Cc3cnc(Nc4ccc(N5CCOCC5)c(C)c4)nc32)c(OC)c1.COc1ccc(N2C(=O)N(c3c(C)cccc3C)Cc3cnc(Nc4cnn(CCN(C)C)c4)nc32)nc1. The van der Waals surface area contributed by atoms with Crippen LogP contribution >= 0.6 is 0 Å². The highest BCUT2D eigenvalue weighted by molar-refractivity contribution is 6.14. The van der Waals surface area contributed by atoms with Gasteiger partial charge < -0.3 is 59.1 Å². The van der Waals surface area contributed by atoms with Crippen molar-refractivity contribution in [3.8, 4) is 28.7 Å². The van der Waals surface area contributed by atoms with Crippen LogP contribution in [0.5, 0.6) is 28.7 Å². The zero-order valence-electron chi connectivity index (χ0n) is 75.0. The number of ether oxygens (including phenoxy) is 6. The van der Waals surface area contributed by atoms with E-state index in [1.807, 2.05) is 151 Å². The number of nitrogens with zero attached hydrogens (tertiary/aromatic N) is 19. The Balaban J connectivity index is 0.000000147. The Labute approximate surface area is 741 Å². The molecule has 2 fully saturated rings. The van der Waals surface area contributed by atoms with Gasteiger partial charge in [-0.25, -0.2) is 49.0 Å². The molecule has 0 atom stereocenters. The smallest absolute Gasteiger partial charge is 0.336 e. The van der Waals surface area contributed by atoms with Crippen molar-refractivity contribution in [3.05, 3.63) is 243 Å². The molecule has 0 saturated carbocycles. The summed E-state index contributed by atoms with van der Waals surface area (Å²) in [5.41, 5.74) is 19.6. The standard InChI is InChI=1S/C36H43N7O3.C33H36N6O4.C27H31N9O2/c1-7-40-15-17-41(18-16-40)22-27-11-12-29(19-26(27)4)38-35-37-21-28-23-42(33-24(2)9-8-10-25(33)3)36(44)43(34(28)39-35)31-14-13-30(45-5)20-32(31)46-6;1-21-7-6-8-22(2)30(21)38-20-24-19-34-32(35-25-9-11-27(23(3)17-25)37-13-15-43-16-14-37)36-31(24)39(33(38)40)28-12-10-26(41-4)18-29(28)42-5;1-18-7-6-8-19(2)24(18)35-16-20-13-29-26(31-21-14-30-34(17-21)12-11-33(3)4)32-25(20)36(27(35)37)23-10-9-22(38-5)15-28-23/h8-14,19-21H,7,15-18,22-23H2,1-6H3,(H,37,38,39);6-12,17-19H,13-16,20H2,1-5H3,(H,34,35,36);6-10,13-15,17H,11-12,16H2,1-5H3,(H,29,31,32).